The standard InChI is InChI=1S/C18H21N5O2/c1-11-20-15(19-8-7-12-5-4-6-13(24)9-12)14-16(21-11)23-17(22-14)25-10-18(23,2)3/h4-6,9,24H,7-8,10H2,1-3H3,(H,19,20,21). The van der Waals surface area contributed by atoms with Gasteiger partial charge < -0.3 is 15.2 Å². The molecule has 0 atom stereocenters. The summed E-state index contributed by atoms with van der Waals surface area (Å²) in [6.45, 7) is 7.37. The van der Waals surface area contributed by atoms with E-state index in [-0.39, 0.29) is 11.3 Å². The molecular formula is C18H21N5O2. The van der Waals surface area contributed by atoms with E-state index >= 15 is 0 Å². The Morgan fingerprint density at radius 2 is 2.12 bits per heavy atom. The number of anilines is 1. The Hall–Kier alpha value is -2.83. The highest BCUT2D eigenvalue weighted by Gasteiger charge is 2.35. The maximum atomic E-state index is 9.56. The fourth-order valence-corrected chi connectivity index (χ4v) is 3.16. The van der Waals surface area contributed by atoms with Crippen LogP contribution in [0.4, 0.5) is 5.82 Å². The molecule has 1 aliphatic rings. The van der Waals surface area contributed by atoms with E-state index in [1.165, 1.54) is 0 Å². The van der Waals surface area contributed by atoms with Gasteiger partial charge in [0.25, 0.3) is 6.01 Å². The lowest BCUT2D eigenvalue weighted by molar-refractivity contribution is 0.268. The van der Waals surface area contributed by atoms with Crippen LogP contribution in [0.15, 0.2) is 24.3 Å². The first kappa shape index (κ1) is 15.7. The first-order chi connectivity index (χ1) is 11.9. The molecule has 25 heavy (non-hydrogen) atoms. The summed E-state index contributed by atoms with van der Waals surface area (Å²) < 4.78 is 7.75. The second kappa shape index (κ2) is 5.61. The van der Waals surface area contributed by atoms with Gasteiger partial charge in [-0.25, -0.2) is 9.97 Å². The van der Waals surface area contributed by atoms with Crippen molar-refractivity contribution in [1.29, 1.82) is 0 Å². The third kappa shape index (κ3) is 2.75. The van der Waals surface area contributed by atoms with Crippen LogP contribution in [0, 0.1) is 6.92 Å². The van der Waals surface area contributed by atoms with Crippen LogP contribution in [0.3, 0.4) is 0 Å². The number of hydrogen-bond donors (Lipinski definition) is 2. The summed E-state index contributed by atoms with van der Waals surface area (Å²) in [5.41, 5.74) is 2.41. The minimum absolute atomic E-state index is 0.177. The second-order valence-electron chi connectivity index (χ2n) is 6.97. The van der Waals surface area contributed by atoms with E-state index in [0.29, 0.717) is 30.8 Å². The Balaban J connectivity index is 1.62. The van der Waals surface area contributed by atoms with E-state index in [0.717, 1.165) is 23.1 Å². The summed E-state index contributed by atoms with van der Waals surface area (Å²) >= 11 is 0. The average Bonchev–Trinajstić information content (AvgIpc) is 3.05. The molecule has 0 saturated heterocycles. The van der Waals surface area contributed by atoms with Crippen molar-refractivity contribution in [2.75, 3.05) is 18.5 Å². The largest absolute Gasteiger partial charge is 0.508 e. The highest BCUT2D eigenvalue weighted by atomic mass is 16.5. The number of benzene rings is 1. The Bertz CT molecular complexity index is 948. The van der Waals surface area contributed by atoms with E-state index in [9.17, 15) is 5.11 Å². The van der Waals surface area contributed by atoms with Gasteiger partial charge in [0.05, 0.1) is 5.54 Å². The quantitative estimate of drug-likeness (QED) is 0.760. The van der Waals surface area contributed by atoms with Crippen LogP contribution in [-0.2, 0) is 12.0 Å². The molecule has 7 nitrogen and oxygen atoms in total. The number of hydrogen-bond acceptors (Lipinski definition) is 6. The molecule has 4 rings (SSSR count). The summed E-state index contributed by atoms with van der Waals surface area (Å²) in [5, 5.41) is 12.9. The van der Waals surface area contributed by atoms with Gasteiger partial charge in [0.15, 0.2) is 17.0 Å². The van der Waals surface area contributed by atoms with Crippen molar-refractivity contribution in [2.24, 2.45) is 0 Å². The highest BCUT2D eigenvalue weighted by Crippen LogP contribution is 2.36. The van der Waals surface area contributed by atoms with Crippen LogP contribution in [0.2, 0.25) is 0 Å². The molecule has 130 valence electrons. The van der Waals surface area contributed by atoms with Gasteiger partial charge in [-0.15, -0.1) is 0 Å². The van der Waals surface area contributed by atoms with Crippen LogP contribution in [0.5, 0.6) is 11.8 Å². The van der Waals surface area contributed by atoms with E-state index in [2.05, 4.69) is 34.1 Å². The average molecular weight is 339 g/mol. The number of nitrogens with one attached hydrogen (secondary N) is 1. The minimum atomic E-state index is -0.177. The normalized spacial score (nSPS) is 15.2. The van der Waals surface area contributed by atoms with Crippen LogP contribution in [-0.4, -0.2) is 37.8 Å². The molecule has 0 unspecified atom stereocenters. The van der Waals surface area contributed by atoms with Gasteiger partial charge in [-0.1, -0.05) is 12.1 Å². The molecule has 3 aromatic rings. The Morgan fingerprint density at radius 1 is 1.28 bits per heavy atom. The summed E-state index contributed by atoms with van der Waals surface area (Å²) in [7, 11) is 0. The van der Waals surface area contributed by atoms with Crippen molar-refractivity contribution in [2.45, 2.75) is 32.7 Å². The lowest BCUT2D eigenvalue weighted by atomic mass is 10.1. The summed E-state index contributed by atoms with van der Waals surface area (Å²) in [4.78, 5) is 13.7. The summed E-state index contributed by atoms with van der Waals surface area (Å²) in [6, 6.07) is 7.86. The molecule has 0 saturated carbocycles. The van der Waals surface area contributed by atoms with Gasteiger partial charge in [0.1, 0.15) is 18.2 Å². The highest BCUT2D eigenvalue weighted by molar-refractivity contribution is 5.84. The zero-order valence-corrected chi connectivity index (χ0v) is 14.6. The van der Waals surface area contributed by atoms with E-state index in [1.807, 2.05) is 23.6 Å². The third-order valence-electron chi connectivity index (χ3n) is 4.36. The van der Waals surface area contributed by atoms with Crippen LogP contribution in [0.25, 0.3) is 11.2 Å². The second-order valence-corrected chi connectivity index (χ2v) is 6.97. The molecule has 3 heterocycles. The van der Waals surface area contributed by atoms with Crippen molar-refractivity contribution < 1.29 is 9.84 Å². The van der Waals surface area contributed by atoms with E-state index in [4.69, 9.17) is 4.74 Å². The van der Waals surface area contributed by atoms with Crippen molar-refractivity contribution in [1.82, 2.24) is 19.5 Å². The molecule has 2 aromatic heterocycles. The molecule has 1 aliphatic heterocycles. The first-order valence-corrected chi connectivity index (χ1v) is 8.36. The van der Waals surface area contributed by atoms with Gasteiger partial charge in [-0.3, -0.25) is 4.57 Å². The molecule has 0 radical (unpaired) electrons. The molecule has 0 spiro atoms. The number of nitrogens with zero attached hydrogens (tertiary/aromatic N) is 4. The number of aryl methyl sites for hydroxylation is 1. The maximum Gasteiger partial charge on any atom is 0.299 e. The zero-order valence-electron chi connectivity index (χ0n) is 14.6. The number of phenols is 1. The number of imidazole rings is 1. The van der Waals surface area contributed by atoms with Gasteiger partial charge in [-0.05, 0) is 44.9 Å². The Morgan fingerprint density at radius 3 is 2.92 bits per heavy atom. The fourth-order valence-electron chi connectivity index (χ4n) is 3.16. The van der Waals surface area contributed by atoms with Crippen molar-refractivity contribution in [3.05, 3.63) is 35.7 Å². The monoisotopic (exact) mass is 339 g/mol. The number of ether oxygens (including phenoxy) is 1. The third-order valence-corrected chi connectivity index (χ3v) is 4.36. The fraction of sp³-hybridized carbons (Fsp3) is 0.389. The number of phenolic OH excluding ortho intramolecular Hbond substituents is 1. The van der Waals surface area contributed by atoms with Crippen molar-refractivity contribution in [3.8, 4) is 11.8 Å². The lowest BCUT2D eigenvalue weighted by Gasteiger charge is -2.18. The predicted octanol–water partition coefficient (Wildman–Crippen LogP) is 2.62. The minimum Gasteiger partial charge on any atom is -0.508 e. The van der Waals surface area contributed by atoms with E-state index < -0.39 is 0 Å². The Kier molecular flexibility index (Phi) is 3.52. The van der Waals surface area contributed by atoms with Crippen molar-refractivity contribution in [3.63, 3.8) is 0 Å². The zero-order chi connectivity index (χ0) is 17.6. The lowest BCUT2D eigenvalue weighted by Crippen LogP contribution is -2.26. The number of aromatic hydroxyl groups is 1. The van der Waals surface area contributed by atoms with Gasteiger partial charge >= 0.3 is 0 Å². The number of fused-ring (bicyclic) bond motifs is 3. The molecule has 2 N–H and O–H groups in total. The number of rotatable bonds is 4. The SMILES string of the molecule is Cc1nc(NCCc2cccc(O)c2)c2nc3n(c2n1)C(C)(C)CO3. The molecule has 0 fully saturated rings. The van der Waals surface area contributed by atoms with Gasteiger partial charge in [0, 0.05) is 6.54 Å². The number of aromatic nitrogens is 4. The summed E-state index contributed by atoms with van der Waals surface area (Å²) in [5.74, 6) is 1.68. The van der Waals surface area contributed by atoms with Crippen molar-refractivity contribution >= 4 is 17.0 Å². The maximum absolute atomic E-state index is 9.56. The molecule has 0 bridgehead atoms. The molecule has 7 heteroatoms. The smallest absolute Gasteiger partial charge is 0.299 e. The van der Waals surface area contributed by atoms with Crippen LogP contribution >= 0.6 is 0 Å². The predicted molar refractivity (Wildman–Crippen MR) is 95.2 cm³/mol. The molecular weight excluding hydrogens is 318 g/mol. The molecule has 0 aliphatic carbocycles. The van der Waals surface area contributed by atoms with E-state index in [1.54, 1.807) is 12.1 Å². The Labute approximate surface area is 145 Å². The van der Waals surface area contributed by atoms with Crippen LogP contribution < -0.4 is 10.1 Å². The topological polar surface area (TPSA) is 85.1 Å². The molecule has 1 aromatic carbocycles. The first-order valence-electron chi connectivity index (χ1n) is 8.36. The van der Waals surface area contributed by atoms with Gasteiger partial charge in [-0.2, -0.15) is 4.98 Å². The van der Waals surface area contributed by atoms with Gasteiger partial charge in [0.2, 0.25) is 0 Å². The van der Waals surface area contributed by atoms with Crippen LogP contribution in [0.1, 0.15) is 25.2 Å². The molecule has 0 amide bonds. The summed E-state index contributed by atoms with van der Waals surface area (Å²) in [6.07, 6.45) is 0.772.